The zero-order valence-electron chi connectivity index (χ0n) is 9.09. The Morgan fingerprint density at radius 1 is 1.06 bits per heavy atom. The first-order valence-corrected chi connectivity index (χ1v) is 5.17. The van der Waals surface area contributed by atoms with E-state index in [0.717, 1.165) is 5.56 Å². The van der Waals surface area contributed by atoms with E-state index in [2.05, 4.69) is 0 Å². The fourth-order valence-corrected chi connectivity index (χ4v) is 1.42. The van der Waals surface area contributed by atoms with Crippen molar-refractivity contribution in [3.8, 4) is 11.5 Å². The molecule has 2 aromatic carbocycles. The Morgan fingerprint density at radius 3 is 2.47 bits per heavy atom. The lowest BCUT2D eigenvalue weighted by Gasteiger charge is -2.11. The molecule has 0 aliphatic carbocycles. The lowest BCUT2D eigenvalue weighted by atomic mass is 10.2. The average molecular weight is 230 g/mol. The molecule has 0 aliphatic heterocycles. The number of anilines is 1. The van der Waals surface area contributed by atoms with Crippen LogP contribution in [0.5, 0.6) is 11.5 Å². The van der Waals surface area contributed by atoms with Crippen LogP contribution in [0.15, 0.2) is 48.5 Å². The van der Waals surface area contributed by atoms with E-state index in [-0.39, 0.29) is 6.61 Å². The summed E-state index contributed by atoms with van der Waals surface area (Å²) in [4.78, 5) is 0. The Balaban J connectivity index is 2.13. The van der Waals surface area contributed by atoms with Gasteiger partial charge in [0.05, 0.1) is 6.61 Å². The van der Waals surface area contributed by atoms with Crippen LogP contribution >= 0.6 is 0 Å². The molecule has 0 bridgehead atoms. The monoisotopic (exact) mass is 230 g/mol. The second-order valence-corrected chi connectivity index (χ2v) is 3.53. The van der Waals surface area contributed by atoms with Crippen molar-refractivity contribution < 1.29 is 9.84 Å². The third kappa shape index (κ3) is 2.96. The van der Waals surface area contributed by atoms with E-state index in [0.29, 0.717) is 17.2 Å². The van der Waals surface area contributed by atoms with Crippen LogP contribution in [0.3, 0.4) is 0 Å². The van der Waals surface area contributed by atoms with Gasteiger partial charge in [-0.25, -0.2) is 0 Å². The third-order valence-electron chi connectivity index (χ3n) is 2.29. The minimum atomic E-state index is 0.00979. The molecule has 2 rings (SSSR count). The van der Waals surface area contributed by atoms with E-state index in [1.807, 2.05) is 5.48 Å². The summed E-state index contributed by atoms with van der Waals surface area (Å²) >= 11 is 0. The van der Waals surface area contributed by atoms with Gasteiger partial charge < -0.3 is 20.5 Å². The van der Waals surface area contributed by atoms with E-state index >= 15 is 0 Å². The van der Waals surface area contributed by atoms with Gasteiger partial charge in [0.1, 0.15) is 11.5 Å². The van der Waals surface area contributed by atoms with Gasteiger partial charge in [-0.15, -0.1) is 0 Å². The van der Waals surface area contributed by atoms with Crippen molar-refractivity contribution in [2.24, 2.45) is 0 Å². The molecule has 0 fully saturated rings. The van der Waals surface area contributed by atoms with Crippen molar-refractivity contribution in [2.45, 2.75) is 6.61 Å². The van der Waals surface area contributed by atoms with Gasteiger partial charge in [-0.3, -0.25) is 0 Å². The van der Waals surface area contributed by atoms with Crippen LogP contribution in [-0.2, 0) is 6.61 Å². The van der Waals surface area contributed by atoms with Crippen LogP contribution < -0.4 is 10.2 Å². The van der Waals surface area contributed by atoms with Crippen molar-refractivity contribution in [2.75, 3.05) is 5.48 Å². The molecule has 2 aromatic rings. The number of ether oxygens (including phenoxy) is 1. The molecule has 4 heteroatoms. The smallest absolute Gasteiger partial charge is 0.129 e. The molecule has 0 atom stereocenters. The molecule has 0 radical (unpaired) electrons. The second kappa shape index (κ2) is 5.34. The van der Waals surface area contributed by atoms with Gasteiger partial charge in [-0.1, -0.05) is 18.2 Å². The quantitative estimate of drug-likeness (QED) is 0.792. The number of aliphatic hydroxyl groups is 1. The molecule has 88 valence electrons. The first-order valence-electron chi connectivity index (χ1n) is 5.17. The van der Waals surface area contributed by atoms with E-state index in [1.54, 1.807) is 48.5 Å². The van der Waals surface area contributed by atoms with Crippen molar-refractivity contribution in [3.63, 3.8) is 0 Å². The SMILES string of the molecule is [O-]Nc1cccc(Oc2ccc(CO)cc2)c1. The van der Waals surface area contributed by atoms with Gasteiger partial charge in [0.15, 0.2) is 0 Å². The van der Waals surface area contributed by atoms with Crippen LogP contribution in [0.2, 0.25) is 0 Å². The summed E-state index contributed by atoms with van der Waals surface area (Å²) in [5, 5.41) is 19.4. The highest BCUT2D eigenvalue weighted by Crippen LogP contribution is 2.24. The Hall–Kier alpha value is -2.04. The summed E-state index contributed by atoms with van der Waals surface area (Å²) in [5.41, 5.74) is 3.09. The first kappa shape index (κ1) is 11.4. The van der Waals surface area contributed by atoms with Crippen LogP contribution in [0.25, 0.3) is 0 Å². The van der Waals surface area contributed by atoms with E-state index in [9.17, 15) is 5.21 Å². The van der Waals surface area contributed by atoms with Crippen molar-refractivity contribution in [1.29, 1.82) is 0 Å². The molecule has 4 nitrogen and oxygen atoms in total. The van der Waals surface area contributed by atoms with Gasteiger partial charge in [0.25, 0.3) is 0 Å². The first-order chi connectivity index (χ1) is 8.31. The van der Waals surface area contributed by atoms with E-state index in [1.165, 1.54) is 0 Å². The highest BCUT2D eigenvalue weighted by Gasteiger charge is 1.98. The Morgan fingerprint density at radius 2 is 1.82 bits per heavy atom. The maximum atomic E-state index is 10.5. The number of benzene rings is 2. The standard InChI is InChI=1S/C13H12NO3/c15-9-10-4-6-12(7-5-10)17-13-3-1-2-11(8-13)14-16/h1-8,14-15H,9H2/q-1. The molecule has 0 spiro atoms. The summed E-state index contributed by atoms with van der Waals surface area (Å²) in [5.74, 6) is 1.24. The van der Waals surface area contributed by atoms with Crippen LogP contribution in [0, 0.1) is 5.21 Å². The molecule has 0 unspecified atom stereocenters. The number of nitrogens with one attached hydrogen (secondary N) is 1. The maximum Gasteiger partial charge on any atom is 0.129 e. The Labute approximate surface area is 99.1 Å². The predicted octanol–water partition coefficient (Wildman–Crippen LogP) is 2.88. The molecule has 0 saturated carbocycles. The average Bonchev–Trinajstić information content (AvgIpc) is 2.40. The number of aliphatic hydroxyl groups excluding tert-OH is 1. The molecule has 0 saturated heterocycles. The molecule has 2 N–H and O–H groups in total. The minimum absolute atomic E-state index is 0.00979. The molecule has 0 heterocycles. The lowest BCUT2D eigenvalue weighted by Crippen LogP contribution is -1.88. The number of hydrogen-bond donors (Lipinski definition) is 2. The fourth-order valence-electron chi connectivity index (χ4n) is 1.42. The maximum absolute atomic E-state index is 10.5. The highest BCUT2D eigenvalue weighted by molar-refractivity contribution is 5.49. The zero-order chi connectivity index (χ0) is 12.1. The molecule has 0 aromatic heterocycles. The molecular formula is C13H12NO3-. The van der Waals surface area contributed by atoms with E-state index in [4.69, 9.17) is 9.84 Å². The number of hydrogen-bond acceptors (Lipinski definition) is 4. The third-order valence-corrected chi connectivity index (χ3v) is 2.29. The van der Waals surface area contributed by atoms with Gasteiger partial charge in [-0.2, -0.15) is 0 Å². The summed E-state index contributed by atoms with van der Waals surface area (Å²) in [6.07, 6.45) is 0. The summed E-state index contributed by atoms with van der Waals surface area (Å²) in [6.45, 7) is 0.00979. The molecule has 17 heavy (non-hydrogen) atoms. The predicted molar refractivity (Wildman–Crippen MR) is 65.9 cm³/mol. The normalized spacial score (nSPS) is 10.0. The summed E-state index contributed by atoms with van der Waals surface area (Å²) in [6, 6.07) is 13.9. The lowest BCUT2D eigenvalue weighted by molar-refractivity contribution is 0.281. The molecular weight excluding hydrogens is 218 g/mol. The minimum Gasteiger partial charge on any atom is -0.761 e. The summed E-state index contributed by atoms with van der Waals surface area (Å²) < 4.78 is 5.56. The van der Waals surface area contributed by atoms with Gasteiger partial charge in [0.2, 0.25) is 0 Å². The van der Waals surface area contributed by atoms with Gasteiger partial charge in [0, 0.05) is 11.8 Å². The van der Waals surface area contributed by atoms with Crippen LogP contribution in [0.1, 0.15) is 5.56 Å². The topological polar surface area (TPSA) is 64.5 Å². The van der Waals surface area contributed by atoms with Crippen LogP contribution in [0.4, 0.5) is 5.69 Å². The Kier molecular flexibility index (Phi) is 3.59. The largest absolute Gasteiger partial charge is 0.761 e. The number of rotatable bonds is 4. The van der Waals surface area contributed by atoms with Gasteiger partial charge >= 0.3 is 0 Å². The van der Waals surface area contributed by atoms with Crippen molar-refractivity contribution >= 4 is 5.69 Å². The fraction of sp³-hybridized carbons (Fsp3) is 0.0769. The van der Waals surface area contributed by atoms with Crippen molar-refractivity contribution in [3.05, 3.63) is 59.3 Å². The molecule has 0 amide bonds. The summed E-state index contributed by atoms with van der Waals surface area (Å²) in [7, 11) is 0. The van der Waals surface area contributed by atoms with E-state index < -0.39 is 0 Å². The molecule has 0 aliphatic rings. The van der Waals surface area contributed by atoms with Crippen molar-refractivity contribution in [1.82, 2.24) is 0 Å². The highest BCUT2D eigenvalue weighted by atomic mass is 16.5. The Bertz CT molecular complexity index is 482. The van der Waals surface area contributed by atoms with Gasteiger partial charge in [-0.05, 0) is 29.8 Å². The zero-order valence-corrected chi connectivity index (χ0v) is 9.09. The van der Waals surface area contributed by atoms with Crippen LogP contribution in [-0.4, -0.2) is 5.11 Å². The second-order valence-electron chi connectivity index (χ2n) is 3.53.